The number of hydrogen-bond donors (Lipinski definition) is 1. The predicted octanol–water partition coefficient (Wildman–Crippen LogP) is 2.65. The van der Waals surface area contributed by atoms with Gasteiger partial charge in [-0.15, -0.1) is 0 Å². The molecule has 7 nitrogen and oxygen atoms in total. The van der Waals surface area contributed by atoms with E-state index in [4.69, 9.17) is 4.74 Å². The van der Waals surface area contributed by atoms with E-state index in [2.05, 4.69) is 9.71 Å². The minimum absolute atomic E-state index is 0.0434. The van der Waals surface area contributed by atoms with Crippen LogP contribution in [0.15, 0.2) is 46.2 Å². The van der Waals surface area contributed by atoms with E-state index in [1.54, 1.807) is 0 Å². The number of rotatable bonds is 5. The number of sulfonamides is 1. The molecule has 2 aromatic carbocycles. The zero-order chi connectivity index (χ0) is 19.1. The number of ether oxygens (including phenoxy) is 1. The molecule has 0 amide bonds. The predicted molar refractivity (Wildman–Crippen MR) is 96.5 cm³/mol. The van der Waals surface area contributed by atoms with Crippen LogP contribution < -0.4 is 9.46 Å². The van der Waals surface area contributed by atoms with Crippen LogP contribution in [0.25, 0.3) is 10.2 Å². The monoisotopic (exact) mass is 416 g/mol. The first-order chi connectivity index (χ1) is 12.1. The summed E-state index contributed by atoms with van der Waals surface area (Å²) in [5.74, 6) is -0.880. The van der Waals surface area contributed by atoms with E-state index in [1.165, 1.54) is 37.4 Å². The molecule has 26 heavy (non-hydrogen) atoms. The van der Waals surface area contributed by atoms with E-state index in [0.717, 1.165) is 23.7 Å². The zero-order valence-corrected chi connectivity index (χ0v) is 16.0. The van der Waals surface area contributed by atoms with Gasteiger partial charge in [0.25, 0.3) is 10.0 Å². The summed E-state index contributed by atoms with van der Waals surface area (Å²) in [6, 6.07) is 7.57. The van der Waals surface area contributed by atoms with Gasteiger partial charge in [-0.25, -0.2) is 26.2 Å². The highest BCUT2D eigenvalue weighted by Crippen LogP contribution is 2.30. The maximum absolute atomic E-state index is 13.8. The number of nitrogens with zero attached hydrogens (tertiary/aromatic N) is 1. The van der Waals surface area contributed by atoms with Gasteiger partial charge in [0.15, 0.2) is 26.5 Å². The lowest BCUT2D eigenvalue weighted by atomic mass is 10.3. The second-order valence-electron chi connectivity index (χ2n) is 5.32. The molecule has 0 fully saturated rings. The number of aromatic nitrogens is 1. The molecule has 3 rings (SSSR count). The first kappa shape index (κ1) is 18.5. The Morgan fingerprint density at radius 1 is 1.08 bits per heavy atom. The number of anilines is 1. The van der Waals surface area contributed by atoms with E-state index in [9.17, 15) is 21.2 Å². The maximum atomic E-state index is 13.8. The van der Waals surface area contributed by atoms with Crippen molar-refractivity contribution < 1.29 is 26.0 Å². The van der Waals surface area contributed by atoms with Gasteiger partial charge < -0.3 is 4.74 Å². The molecule has 0 aliphatic heterocycles. The van der Waals surface area contributed by atoms with Gasteiger partial charge in [0.1, 0.15) is 0 Å². The van der Waals surface area contributed by atoms with Crippen LogP contribution in [0.5, 0.6) is 5.75 Å². The minimum Gasteiger partial charge on any atom is -0.494 e. The van der Waals surface area contributed by atoms with E-state index in [1.807, 2.05) is 0 Å². The number of fused-ring (bicyclic) bond motifs is 1. The van der Waals surface area contributed by atoms with Crippen molar-refractivity contribution in [3.05, 3.63) is 42.2 Å². The third kappa shape index (κ3) is 3.64. The highest BCUT2D eigenvalue weighted by molar-refractivity contribution is 7.93. The van der Waals surface area contributed by atoms with Crippen LogP contribution in [0.4, 0.5) is 9.52 Å². The Kier molecular flexibility index (Phi) is 4.63. The number of thiazole rings is 1. The molecule has 1 aromatic heterocycles. The standard InChI is InChI=1S/C15H13FN2O5S3/c1-23-13-6-4-10(7-11(13)16)26(21,22)18-15-17-12-5-3-9(25(2,19)20)8-14(12)24-15/h3-8H,1-2H3,(H,17,18). The van der Waals surface area contributed by atoms with Gasteiger partial charge in [-0.2, -0.15) is 0 Å². The van der Waals surface area contributed by atoms with Gasteiger partial charge in [-0.3, -0.25) is 4.72 Å². The van der Waals surface area contributed by atoms with Crippen LogP contribution in [-0.2, 0) is 19.9 Å². The molecule has 11 heteroatoms. The SMILES string of the molecule is COc1ccc(S(=O)(=O)Nc2nc3ccc(S(C)(=O)=O)cc3s2)cc1F. The van der Waals surface area contributed by atoms with Crippen molar-refractivity contribution in [2.75, 3.05) is 18.1 Å². The smallest absolute Gasteiger partial charge is 0.263 e. The number of benzene rings is 2. The molecule has 0 saturated carbocycles. The van der Waals surface area contributed by atoms with Gasteiger partial charge in [-0.05, 0) is 36.4 Å². The molecule has 0 aliphatic carbocycles. The number of methoxy groups -OCH3 is 1. The van der Waals surface area contributed by atoms with E-state index < -0.39 is 25.7 Å². The molecular formula is C15H13FN2O5S3. The van der Waals surface area contributed by atoms with Crippen LogP contribution in [0, 0.1) is 5.82 Å². The normalized spacial score (nSPS) is 12.3. The number of halogens is 1. The van der Waals surface area contributed by atoms with Gasteiger partial charge in [0.05, 0.1) is 27.1 Å². The Labute approximate surface area is 153 Å². The average molecular weight is 416 g/mol. The Bertz CT molecular complexity index is 1200. The second-order valence-corrected chi connectivity index (χ2v) is 10.1. The molecule has 0 radical (unpaired) electrons. The summed E-state index contributed by atoms with van der Waals surface area (Å²) in [4.78, 5) is 3.94. The first-order valence-corrected chi connectivity index (χ1v) is 11.3. The highest BCUT2D eigenvalue weighted by atomic mass is 32.2. The topological polar surface area (TPSA) is 102 Å². The largest absolute Gasteiger partial charge is 0.494 e. The minimum atomic E-state index is -4.06. The summed E-state index contributed by atoms with van der Waals surface area (Å²) in [5.41, 5.74) is 0.445. The molecule has 138 valence electrons. The third-order valence-corrected chi connectivity index (χ3v) is 6.95. The molecular weight excluding hydrogens is 403 g/mol. The highest BCUT2D eigenvalue weighted by Gasteiger charge is 2.19. The van der Waals surface area contributed by atoms with E-state index in [0.29, 0.717) is 10.2 Å². The Morgan fingerprint density at radius 2 is 1.77 bits per heavy atom. The molecule has 0 saturated heterocycles. The summed E-state index contributed by atoms with van der Waals surface area (Å²) in [6.45, 7) is 0. The molecule has 1 N–H and O–H groups in total. The molecule has 0 aliphatic rings. The van der Waals surface area contributed by atoms with Gasteiger partial charge in [0, 0.05) is 6.26 Å². The van der Waals surface area contributed by atoms with Gasteiger partial charge in [0.2, 0.25) is 0 Å². The van der Waals surface area contributed by atoms with Crippen molar-refractivity contribution in [3.63, 3.8) is 0 Å². The molecule has 1 heterocycles. The Hall–Kier alpha value is -2.24. The van der Waals surface area contributed by atoms with Crippen LogP contribution in [0.1, 0.15) is 0 Å². The van der Waals surface area contributed by atoms with Crippen molar-refractivity contribution in [1.82, 2.24) is 4.98 Å². The third-order valence-electron chi connectivity index (χ3n) is 3.44. The van der Waals surface area contributed by atoms with E-state index >= 15 is 0 Å². The van der Waals surface area contributed by atoms with Crippen molar-refractivity contribution in [3.8, 4) is 5.75 Å². The summed E-state index contributed by atoms with van der Waals surface area (Å²) >= 11 is 0.977. The second kappa shape index (κ2) is 6.49. The number of hydrogen-bond acceptors (Lipinski definition) is 7. The van der Waals surface area contributed by atoms with Crippen molar-refractivity contribution in [2.45, 2.75) is 9.79 Å². The fourth-order valence-corrected chi connectivity index (χ4v) is 5.04. The lowest BCUT2D eigenvalue weighted by molar-refractivity contribution is 0.385. The van der Waals surface area contributed by atoms with Crippen molar-refractivity contribution in [1.29, 1.82) is 0 Å². The van der Waals surface area contributed by atoms with Crippen LogP contribution >= 0.6 is 11.3 Å². The Morgan fingerprint density at radius 3 is 2.38 bits per heavy atom. The molecule has 3 aromatic rings. The molecule has 0 bridgehead atoms. The molecule has 0 atom stereocenters. The lowest BCUT2D eigenvalue weighted by Crippen LogP contribution is -2.13. The van der Waals surface area contributed by atoms with Crippen LogP contribution in [0.2, 0.25) is 0 Å². The van der Waals surface area contributed by atoms with Gasteiger partial charge >= 0.3 is 0 Å². The van der Waals surface area contributed by atoms with Crippen molar-refractivity contribution >= 4 is 46.5 Å². The van der Waals surface area contributed by atoms with Crippen molar-refractivity contribution in [2.24, 2.45) is 0 Å². The zero-order valence-electron chi connectivity index (χ0n) is 13.6. The fourth-order valence-electron chi connectivity index (χ4n) is 2.17. The molecule has 0 unspecified atom stereocenters. The first-order valence-electron chi connectivity index (χ1n) is 7.07. The fraction of sp³-hybridized carbons (Fsp3) is 0.133. The lowest BCUT2D eigenvalue weighted by Gasteiger charge is -2.07. The van der Waals surface area contributed by atoms with Crippen LogP contribution in [-0.4, -0.2) is 35.2 Å². The maximum Gasteiger partial charge on any atom is 0.263 e. The van der Waals surface area contributed by atoms with Crippen LogP contribution in [0.3, 0.4) is 0 Å². The number of nitrogens with one attached hydrogen (secondary N) is 1. The molecule has 0 spiro atoms. The Balaban J connectivity index is 1.96. The number of sulfone groups is 1. The van der Waals surface area contributed by atoms with Gasteiger partial charge in [-0.1, -0.05) is 11.3 Å². The van der Waals surface area contributed by atoms with E-state index in [-0.39, 0.29) is 20.7 Å². The summed E-state index contributed by atoms with van der Waals surface area (Å²) in [7, 11) is -6.18. The summed E-state index contributed by atoms with van der Waals surface area (Å²) in [6.07, 6.45) is 1.08. The quantitative estimate of drug-likeness (QED) is 0.686. The summed E-state index contributed by atoms with van der Waals surface area (Å²) in [5, 5.41) is 0.0434. The average Bonchev–Trinajstić information content (AvgIpc) is 2.94. The summed E-state index contributed by atoms with van der Waals surface area (Å²) < 4.78 is 69.3.